The summed E-state index contributed by atoms with van der Waals surface area (Å²) >= 11 is 0. The molecule has 0 spiro atoms. The summed E-state index contributed by atoms with van der Waals surface area (Å²) in [6, 6.07) is 0.0399. The molecule has 1 aliphatic heterocycles. The number of rotatable bonds is 6. The van der Waals surface area contributed by atoms with Crippen LogP contribution in [-0.4, -0.2) is 55.1 Å². The van der Waals surface area contributed by atoms with Gasteiger partial charge in [0.25, 0.3) is 0 Å². The van der Waals surface area contributed by atoms with Crippen LogP contribution in [0.5, 0.6) is 0 Å². The zero-order chi connectivity index (χ0) is 12.5. The average Bonchev–Trinajstić information content (AvgIpc) is 2.37. The molecule has 1 N–H and O–H groups in total. The van der Waals surface area contributed by atoms with Gasteiger partial charge in [0.2, 0.25) is 0 Å². The molecule has 0 aromatic carbocycles. The molecule has 1 aliphatic rings. The molecule has 98 valence electrons. The Balaban J connectivity index is 2.16. The Hall–Kier alpha value is -1.03. The van der Waals surface area contributed by atoms with Crippen molar-refractivity contribution >= 4 is 6.03 Å². The Morgan fingerprint density at radius 3 is 2.59 bits per heavy atom. The van der Waals surface area contributed by atoms with E-state index in [2.05, 4.69) is 23.7 Å². The van der Waals surface area contributed by atoms with Crippen molar-refractivity contribution in [1.29, 1.82) is 0 Å². The molecular weight excluding hydrogens is 214 g/mol. The van der Waals surface area contributed by atoms with E-state index in [0.717, 1.165) is 26.2 Å². The third-order valence-corrected chi connectivity index (χ3v) is 3.14. The first kappa shape index (κ1) is 14.0. The molecular formula is C13H25N3O. The van der Waals surface area contributed by atoms with Crippen LogP contribution < -0.4 is 5.32 Å². The fourth-order valence-electron chi connectivity index (χ4n) is 2.03. The second-order valence-corrected chi connectivity index (χ2v) is 4.51. The van der Waals surface area contributed by atoms with Gasteiger partial charge in [-0.3, -0.25) is 4.90 Å². The first-order chi connectivity index (χ1) is 8.27. The molecule has 17 heavy (non-hydrogen) atoms. The number of hydrogen-bond donors (Lipinski definition) is 1. The number of nitrogens with one attached hydrogen (secondary N) is 1. The fraction of sp³-hybridized carbons (Fsp3) is 0.769. The van der Waals surface area contributed by atoms with E-state index < -0.39 is 0 Å². The number of urea groups is 1. The monoisotopic (exact) mass is 239 g/mol. The van der Waals surface area contributed by atoms with E-state index in [1.54, 1.807) is 6.08 Å². The molecule has 2 amide bonds. The molecule has 1 rings (SSSR count). The summed E-state index contributed by atoms with van der Waals surface area (Å²) in [6.45, 7) is 11.2. The molecule has 0 radical (unpaired) electrons. The minimum Gasteiger partial charge on any atom is -0.335 e. The summed E-state index contributed by atoms with van der Waals surface area (Å²) in [5, 5.41) is 2.82. The number of unbranched alkanes of at least 4 members (excludes halogenated alkanes) is 2. The van der Waals surface area contributed by atoms with Gasteiger partial charge >= 0.3 is 6.03 Å². The maximum Gasteiger partial charge on any atom is 0.317 e. The van der Waals surface area contributed by atoms with Gasteiger partial charge < -0.3 is 10.2 Å². The van der Waals surface area contributed by atoms with E-state index in [0.29, 0.717) is 6.54 Å². The molecule has 4 heteroatoms. The predicted molar refractivity (Wildman–Crippen MR) is 71.1 cm³/mol. The van der Waals surface area contributed by atoms with Gasteiger partial charge in [-0.15, -0.1) is 6.58 Å². The summed E-state index contributed by atoms with van der Waals surface area (Å²) in [5.74, 6) is 0. The number of piperazine rings is 1. The van der Waals surface area contributed by atoms with Gasteiger partial charge in [0, 0.05) is 32.7 Å². The highest BCUT2D eigenvalue weighted by atomic mass is 16.2. The van der Waals surface area contributed by atoms with Crippen molar-refractivity contribution in [3.63, 3.8) is 0 Å². The topological polar surface area (TPSA) is 35.6 Å². The van der Waals surface area contributed by atoms with Crippen LogP contribution in [-0.2, 0) is 0 Å². The number of carbonyl (C=O) groups is 1. The lowest BCUT2D eigenvalue weighted by molar-refractivity contribution is 0.138. The van der Waals surface area contributed by atoms with Crippen molar-refractivity contribution in [3.05, 3.63) is 12.7 Å². The summed E-state index contributed by atoms with van der Waals surface area (Å²) in [4.78, 5) is 16.0. The van der Waals surface area contributed by atoms with Crippen molar-refractivity contribution in [3.8, 4) is 0 Å². The summed E-state index contributed by atoms with van der Waals surface area (Å²) in [5.41, 5.74) is 0. The van der Waals surface area contributed by atoms with E-state index >= 15 is 0 Å². The second-order valence-electron chi connectivity index (χ2n) is 4.51. The van der Waals surface area contributed by atoms with Crippen LogP contribution in [0.2, 0.25) is 0 Å². The van der Waals surface area contributed by atoms with E-state index in [4.69, 9.17) is 0 Å². The second kappa shape index (κ2) is 8.12. The van der Waals surface area contributed by atoms with Gasteiger partial charge in [0.1, 0.15) is 0 Å². The SMILES string of the molecule is C=CCNC(=O)N1CCN(CCCCC)CC1. The highest BCUT2D eigenvalue weighted by Crippen LogP contribution is 2.04. The van der Waals surface area contributed by atoms with Crippen molar-refractivity contribution in [2.45, 2.75) is 26.2 Å². The standard InChI is InChI=1S/C13H25N3O/c1-3-5-6-8-15-9-11-16(12-10-15)13(17)14-7-4-2/h4H,2-3,5-12H2,1H3,(H,14,17). The van der Waals surface area contributed by atoms with Crippen LogP contribution in [0, 0.1) is 0 Å². The highest BCUT2D eigenvalue weighted by molar-refractivity contribution is 5.74. The van der Waals surface area contributed by atoms with Crippen LogP contribution in [0.15, 0.2) is 12.7 Å². The van der Waals surface area contributed by atoms with Crippen LogP contribution in [0.4, 0.5) is 4.79 Å². The van der Waals surface area contributed by atoms with E-state index in [-0.39, 0.29) is 6.03 Å². The van der Waals surface area contributed by atoms with Crippen LogP contribution in [0.1, 0.15) is 26.2 Å². The zero-order valence-electron chi connectivity index (χ0n) is 11.0. The minimum absolute atomic E-state index is 0.0399. The summed E-state index contributed by atoms with van der Waals surface area (Å²) < 4.78 is 0. The lowest BCUT2D eigenvalue weighted by Gasteiger charge is -2.34. The number of carbonyl (C=O) groups excluding carboxylic acids is 1. The first-order valence-corrected chi connectivity index (χ1v) is 6.64. The molecule has 0 aliphatic carbocycles. The van der Waals surface area contributed by atoms with Crippen molar-refractivity contribution < 1.29 is 4.79 Å². The van der Waals surface area contributed by atoms with Crippen LogP contribution >= 0.6 is 0 Å². The molecule has 0 atom stereocenters. The van der Waals surface area contributed by atoms with Gasteiger partial charge in [0.15, 0.2) is 0 Å². The zero-order valence-corrected chi connectivity index (χ0v) is 11.0. The fourth-order valence-corrected chi connectivity index (χ4v) is 2.03. The van der Waals surface area contributed by atoms with Crippen molar-refractivity contribution in [2.75, 3.05) is 39.3 Å². The smallest absolute Gasteiger partial charge is 0.317 e. The molecule has 0 saturated carbocycles. The lowest BCUT2D eigenvalue weighted by Crippen LogP contribution is -2.51. The molecule has 0 aromatic heterocycles. The normalized spacial score (nSPS) is 16.9. The Kier molecular flexibility index (Phi) is 6.70. The number of nitrogens with zero attached hydrogens (tertiary/aromatic N) is 2. The molecule has 1 fully saturated rings. The van der Waals surface area contributed by atoms with Gasteiger partial charge in [0.05, 0.1) is 0 Å². The van der Waals surface area contributed by atoms with Gasteiger partial charge in [-0.1, -0.05) is 25.8 Å². The Morgan fingerprint density at radius 2 is 2.00 bits per heavy atom. The Labute approximate surface area is 105 Å². The van der Waals surface area contributed by atoms with Gasteiger partial charge in [-0.2, -0.15) is 0 Å². The lowest BCUT2D eigenvalue weighted by atomic mass is 10.2. The maximum atomic E-state index is 11.7. The predicted octanol–water partition coefficient (Wildman–Crippen LogP) is 1.69. The van der Waals surface area contributed by atoms with E-state index in [1.807, 2.05) is 4.90 Å². The third-order valence-electron chi connectivity index (χ3n) is 3.14. The van der Waals surface area contributed by atoms with Crippen LogP contribution in [0.3, 0.4) is 0 Å². The van der Waals surface area contributed by atoms with Crippen LogP contribution in [0.25, 0.3) is 0 Å². The molecule has 4 nitrogen and oxygen atoms in total. The molecule has 0 unspecified atom stereocenters. The van der Waals surface area contributed by atoms with Crippen molar-refractivity contribution in [2.24, 2.45) is 0 Å². The van der Waals surface area contributed by atoms with E-state index in [1.165, 1.54) is 25.8 Å². The van der Waals surface area contributed by atoms with E-state index in [9.17, 15) is 4.79 Å². The maximum absolute atomic E-state index is 11.7. The number of hydrogen-bond acceptors (Lipinski definition) is 2. The molecule has 0 aromatic rings. The highest BCUT2D eigenvalue weighted by Gasteiger charge is 2.19. The molecule has 1 heterocycles. The molecule has 0 bridgehead atoms. The molecule has 1 saturated heterocycles. The summed E-state index contributed by atoms with van der Waals surface area (Å²) in [7, 11) is 0. The summed E-state index contributed by atoms with van der Waals surface area (Å²) in [6.07, 6.45) is 5.56. The first-order valence-electron chi connectivity index (χ1n) is 6.64. The number of amides is 2. The Bertz CT molecular complexity index is 235. The third kappa shape index (κ3) is 5.22. The Morgan fingerprint density at radius 1 is 1.29 bits per heavy atom. The van der Waals surface area contributed by atoms with Gasteiger partial charge in [-0.25, -0.2) is 4.79 Å². The minimum atomic E-state index is 0.0399. The average molecular weight is 239 g/mol. The largest absolute Gasteiger partial charge is 0.335 e. The van der Waals surface area contributed by atoms with Crippen molar-refractivity contribution in [1.82, 2.24) is 15.1 Å². The quantitative estimate of drug-likeness (QED) is 0.565. The van der Waals surface area contributed by atoms with Gasteiger partial charge in [-0.05, 0) is 13.0 Å².